The van der Waals surface area contributed by atoms with Gasteiger partial charge >= 0.3 is 0 Å². The van der Waals surface area contributed by atoms with Gasteiger partial charge in [0.05, 0.1) is 0 Å². The zero-order valence-corrected chi connectivity index (χ0v) is 12.1. The molecule has 0 atom stereocenters. The number of hydrogen-bond donors (Lipinski definition) is 0. The third-order valence-electron chi connectivity index (χ3n) is 4.03. The molecule has 0 spiro atoms. The average molecular weight is 275 g/mol. The first-order valence-corrected chi connectivity index (χ1v) is 7.21. The molecule has 3 heterocycles. The molecule has 0 radical (unpaired) electrons. The van der Waals surface area contributed by atoms with Crippen LogP contribution in [0.5, 0.6) is 0 Å². The van der Waals surface area contributed by atoms with Crippen molar-refractivity contribution in [2.45, 2.75) is 38.8 Å². The lowest BCUT2D eigenvalue weighted by molar-refractivity contribution is 0.248. The average Bonchev–Trinajstić information content (AvgIpc) is 3.10. The summed E-state index contributed by atoms with van der Waals surface area (Å²) in [6.45, 7) is 5.96. The van der Waals surface area contributed by atoms with E-state index in [4.69, 9.17) is 0 Å². The second-order valence-electron chi connectivity index (χ2n) is 5.39. The van der Waals surface area contributed by atoms with Crippen molar-refractivity contribution in [3.05, 3.63) is 24.3 Å². The van der Waals surface area contributed by atoms with Gasteiger partial charge in [-0.3, -0.25) is 0 Å². The molecule has 0 bridgehead atoms. The summed E-state index contributed by atoms with van der Waals surface area (Å²) in [5, 5.41) is 13.0. The lowest BCUT2D eigenvalue weighted by atomic mass is 9.96. The van der Waals surface area contributed by atoms with Crippen LogP contribution in [0.25, 0.3) is 0 Å². The molecule has 0 amide bonds. The highest BCUT2D eigenvalue weighted by atomic mass is 15.4. The number of likely N-dealkylation sites (tertiary alicyclic amines) is 1. The van der Waals surface area contributed by atoms with Gasteiger partial charge in [0, 0.05) is 12.5 Å². The highest BCUT2D eigenvalue weighted by molar-refractivity contribution is 5.04. The fraction of sp³-hybridized carbons (Fsp3) is 0.692. The van der Waals surface area contributed by atoms with E-state index < -0.39 is 0 Å². The Morgan fingerprint density at radius 3 is 2.70 bits per heavy atom. The predicted octanol–water partition coefficient (Wildman–Crippen LogP) is 0.747. The van der Waals surface area contributed by atoms with Crippen molar-refractivity contribution in [2.75, 3.05) is 20.1 Å². The van der Waals surface area contributed by atoms with Crippen LogP contribution >= 0.6 is 0 Å². The maximum Gasteiger partial charge on any atom is 0.154 e. The zero-order chi connectivity index (χ0) is 13.9. The number of aromatic nitrogens is 6. The predicted molar refractivity (Wildman–Crippen MR) is 74.3 cm³/mol. The maximum absolute atomic E-state index is 4.45. The van der Waals surface area contributed by atoms with E-state index in [1.807, 2.05) is 0 Å². The summed E-state index contributed by atoms with van der Waals surface area (Å²) in [6, 6.07) is 0. The SMILES string of the molecule is CCn1c(Cn2cncn2)nnc1C1CCN(C)CC1. The molecule has 7 heteroatoms. The molecule has 2 aromatic heterocycles. The van der Waals surface area contributed by atoms with Crippen LogP contribution in [0.4, 0.5) is 0 Å². The van der Waals surface area contributed by atoms with E-state index in [0.29, 0.717) is 12.5 Å². The van der Waals surface area contributed by atoms with Gasteiger partial charge in [-0.25, -0.2) is 9.67 Å². The molecule has 20 heavy (non-hydrogen) atoms. The quantitative estimate of drug-likeness (QED) is 0.823. The van der Waals surface area contributed by atoms with E-state index in [1.165, 1.54) is 0 Å². The Bertz CT molecular complexity index is 537. The molecule has 0 unspecified atom stereocenters. The highest BCUT2D eigenvalue weighted by Gasteiger charge is 2.24. The van der Waals surface area contributed by atoms with Crippen LogP contribution in [0, 0.1) is 0 Å². The Morgan fingerprint density at radius 1 is 1.25 bits per heavy atom. The minimum Gasteiger partial charge on any atom is -0.313 e. The van der Waals surface area contributed by atoms with Crippen LogP contribution in [-0.4, -0.2) is 54.6 Å². The van der Waals surface area contributed by atoms with Crippen LogP contribution in [0.1, 0.15) is 37.3 Å². The van der Waals surface area contributed by atoms with E-state index in [9.17, 15) is 0 Å². The van der Waals surface area contributed by atoms with Crippen molar-refractivity contribution in [3.63, 3.8) is 0 Å². The van der Waals surface area contributed by atoms with Gasteiger partial charge in [0.25, 0.3) is 0 Å². The molecule has 0 saturated carbocycles. The van der Waals surface area contributed by atoms with Crippen LogP contribution < -0.4 is 0 Å². The first-order chi connectivity index (χ1) is 9.78. The molecular formula is C13H21N7. The van der Waals surface area contributed by atoms with Gasteiger partial charge in [-0.15, -0.1) is 10.2 Å². The van der Waals surface area contributed by atoms with Crippen LogP contribution in [0.15, 0.2) is 12.7 Å². The molecule has 2 aromatic rings. The number of nitrogens with zero attached hydrogens (tertiary/aromatic N) is 7. The van der Waals surface area contributed by atoms with Crippen LogP contribution in [0.3, 0.4) is 0 Å². The molecule has 7 nitrogen and oxygen atoms in total. The van der Waals surface area contributed by atoms with E-state index in [0.717, 1.165) is 44.1 Å². The highest BCUT2D eigenvalue weighted by Crippen LogP contribution is 2.26. The number of hydrogen-bond acceptors (Lipinski definition) is 5. The lowest BCUT2D eigenvalue weighted by Crippen LogP contribution is -2.30. The van der Waals surface area contributed by atoms with Gasteiger partial charge in [-0.2, -0.15) is 5.10 Å². The monoisotopic (exact) mass is 275 g/mol. The van der Waals surface area contributed by atoms with Crippen molar-refractivity contribution in [2.24, 2.45) is 0 Å². The topological polar surface area (TPSA) is 64.7 Å². The molecule has 0 aromatic carbocycles. The summed E-state index contributed by atoms with van der Waals surface area (Å²) < 4.78 is 4.02. The van der Waals surface area contributed by atoms with E-state index in [-0.39, 0.29) is 0 Å². The summed E-state index contributed by atoms with van der Waals surface area (Å²) in [5.41, 5.74) is 0. The molecule has 0 aliphatic carbocycles. The van der Waals surface area contributed by atoms with Gasteiger partial charge < -0.3 is 9.47 Å². The van der Waals surface area contributed by atoms with E-state index in [2.05, 4.69) is 43.7 Å². The summed E-state index contributed by atoms with van der Waals surface area (Å²) in [5.74, 6) is 2.63. The molecular weight excluding hydrogens is 254 g/mol. The Labute approximate surface area is 118 Å². The molecule has 1 aliphatic heterocycles. The maximum atomic E-state index is 4.45. The molecule has 3 rings (SSSR count). The molecule has 1 saturated heterocycles. The van der Waals surface area contributed by atoms with Crippen molar-refractivity contribution < 1.29 is 0 Å². The third-order valence-corrected chi connectivity index (χ3v) is 4.03. The first kappa shape index (κ1) is 13.2. The molecule has 108 valence electrons. The zero-order valence-electron chi connectivity index (χ0n) is 12.1. The van der Waals surface area contributed by atoms with Gasteiger partial charge in [0.1, 0.15) is 25.0 Å². The van der Waals surface area contributed by atoms with Crippen molar-refractivity contribution in [3.8, 4) is 0 Å². The Balaban J connectivity index is 1.80. The van der Waals surface area contributed by atoms with Crippen molar-refractivity contribution >= 4 is 0 Å². The fourth-order valence-electron chi connectivity index (χ4n) is 2.84. The largest absolute Gasteiger partial charge is 0.313 e. The minimum atomic E-state index is 0.531. The smallest absolute Gasteiger partial charge is 0.154 e. The van der Waals surface area contributed by atoms with Gasteiger partial charge in [0.15, 0.2) is 5.82 Å². The van der Waals surface area contributed by atoms with Crippen molar-refractivity contribution in [1.82, 2.24) is 34.4 Å². The van der Waals surface area contributed by atoms with E-state index >= 15 is 0 Å². The molecule has 1 fully saturated rings. The summed E-state index contributed by atoms with van der Waals surface area (Å²) in [4.78, 5) is 6.34. The van der Waals surface area contributed by atoms with Crippen molar-refractivity contribution in [1.29, 1.82) is 0 Å². The van der Waals surface area contributed by atoms with Gasteiger partial charge in [-0.05, 0) is 39.9 Å². The second-order valence-corrected chi connectivity index (χ2v) is 5.39. The Hall–Kier alpha value is -1.76. The van der Waals surface area contributed by atoms with Gasteiger partial charge in [0.2, 0.25) is 0 Å². The fourth-order valence-corrected chi connectivity index (χ4v) is 2.84. The third kappa shape index (κ3) is 2.58. The minimum absolute atomic E-state index is 0.531. The summed E-state index contributed by atoms with van der Waals surface area (Å²) in [7, 11) is 2.18. The Kier molecular flexibility index (Phi) is 3.77. The number of rotatable bonds is 4. The molecule has 0 N–H and O–H groups in total. The van der Waals surface area contributed by atoms with E-state index in [1.54, 1.807) is 17.3 Å². The van der Waals surface area contributed by atoms with Crippen LogP contribution in [0.2, 0.25) is 0 Å². The normalized spacial score (nSPS) is 17.7. The summed E-state index contributed by atoms with van der Waals surface area (Å²) >= 11 is 0. The number of piperidine rings is 1. The van der Waals surface area contributed by atoms with Gasteiger partial charge in [-0.1, -0.05) is 0 Å². The van der Waals surface area contributed by atoms with Crippen LogP contribution in [-0.2, 0) is 13.1 Å². The Morgan fingerprint density at radius 2 is 2.05 bits per heavy atom. The standard InChI is InChI=1S/C13H21N7/c1-3-20-12(8-19-10-14-9-15-19)16-17-13(20)11-4-6-18(2)7-5-11/h9-11H,3-8H2,1-2H3. The lowest BCUT2D eigenvalue weighted by Gasteiger charge is -2.28. The first-order valence-electron chi connectivity index (χ1n) is 7.21. The summed E-state index contributed by atoms with van der Waals surface area (Å²) in [6.07, 6.45) is 5.59. The second kappa shape index (κ2) is 5.70. The molecule has 1 aliphatic rings.